The molecule has 0 bridgehead atoms. The fraction of sp³-hybridized carbons (Fsp3) is 0.467. The Morgan fingerprint density at radius 2 is 1.85 bits per heavy atom. The Morgan fingerprint density at radius 3 is 2.45 bits per heavy atom. The smallest absolute Gasteiger partial charge is 0.336 e. The van der Waals surface area contributed by atoms with Crippen LogP contribution in [0, 0.1) is 5.92 Å². The van der Waals surface area contributed by atoms with Crippen LogP contribution in [0.2, 0.25) is 0 Å². The van der Waals surface area contributed by atoms with E-state index in [1.807, 2.05) is 0 Å². The fourth-order valence-electron chi connectivity index (χ4n) is 2.47. The summed E-state index contributed by atoms with van der Waals surface area (Å²) >= 11 is 0. The third kappa shape index (κ3) is 3.57. The van der Waals surface area contributed by atoms with Crippen molar-refractivity contribution in [2.24, 2.45) is 5.92 Å². The summed E-state index contributed by atoms with van der Waals surface area (Å²) in [5, 5.41) is 11.9. The highest BCUT2D eigenvalue weighted by Gasteiger charge is 2.19. The number of amides is 1. The monoisotopic (exact) mass is 276 g/mol. The number of piperidine rings is 1. The predicted octanol–water partition coefficient (Wildman–Crippen LogP) is 1.46. The van der Waals surface area contributed by atoms with Crippen LogP contribution in [-0.2, 0) is 0 Å². The number of nitrogens with one attached hydrogen (secondary N) is 1. The quantitative estimate of drug-likeness (QED) is 0.873. The van der Waals surface area contributed by atoms with Crippen LogP contribution < -0.4 is 5.32 Å². The van der Waals surface area contributed by atoms with Crippen molar-refractivity contribution in [2.45, 2.75) is 12.8 Å². The second kappa shape index (κ2) is 6.52. The Kier molecular flexibility index (Phi) is 4.74. The van der Waals surface area contributed by atoms with E-state index in [4.69, 9.17) is 5.11 Å². The third-order valence-electron chi connectivity index (χ3n) is 3.79. The minimum atomic E-state index is -1.07. The maximum absolute atomic E-state index is 12.1. The van der Waals surface area contributed by atoms with Gasteiger partial charge in [0, 0.05) is 6.54 Å². The van der Waals surface area contributed by atoms with Crippen molar-refractivity contribution in [3.8, 4) is 0 Å². The average Bonchev–Trinajstić information content (AvgIpc) is 2.46. The minimum absolute atomic E-state index is 0.0494. The number of hydrogen-bond donors (Lipinski definition) is 2. The van der Waals surface area contributed by atoms with Crippen molar-refractivity contribution in [2.75, 3.05) is 26.7 Å². The molecule has 1 fully saturated rings. The number of benzene rings is 1. The van der Waals surface area contributed by atoms with Crippen LogP contribution in [0.15, 0.2) is 24.3 Å². The molecule has 1 aromatic rings. The van der Waals surface area contributed by atoms with Gasteiger partial charge in [0.1, 0.15) is 0 Å². The van der Waals surface area contributed by atoms with Gasteiger partial charge < -0.3 is 15.3 Å². The molecule has 0 radical (unpaired) electrons. The van der Waals surface area contributed by atoms with Crippen molar-refractivity contribution in [1.29, 1.82) is 0 Å². The van der Waals surface area contributed by atoms with Gasteiger partial charge in [-0.15, -0.1) is 0 Å². The van der Waals surface area contributed by atoms with E-state index in [9.17, 15) is 9.59 Å². The van der Waals surface area contributed by atoms with Crippen LogP contribution >= 0.6 is 0 Å². The summed E-state index contributed by atoms with van der Waals surface area (Å²) in [6, 6.07) is 6.30. The van der Waals surface area contributed by atoms with Crippen LogP contribution in [0.3, 0.4) is 0 Å². The van der Waals surface area contributed by atoms with E-state index < -0.39 is 5.97 Å². The number of carboxylic acid groups (broad SMARTS) is 1. The van der Waals surface area contributed by atoms with Crippen LogP contribution in [-0.4, -0.2) is 48.6 Å². The van der Waals surface area contributed by atoms with E-state index in [0.29, 0.717) is 12.5 Å². The zero-order chi connectivity index (χ0) is 14.5. The van der Waals surface area contributed by atoms with Crippen LogP contribution in [0.4, 0.5) is 0 Å². The van der Waals surface area contributed by atoms with E-state index in [0.717, 1.165) is 25.9 Å². The molecule has 1 saturated heterocycles. The fourth-order valence-corrected chi connectivity index (χ4v) is 2.47. The highest BCUT2D eigenvalue weighted by atomic mass is 16.4. The molecule has 1 amide bonds. The zero-order valence-electron chi connectivity index (χ0n) is 11.6. The number of hydrogen-bond acceptors (Lipinski definition) is 3. The Hall–Kier alpha value is -1.88. The summed E-state index contributed by atoms with van der Waals surface area (Å²) in [7, 11) is 2.10. The lowest BCUT2D eigenvalue weighted by atomic mass is 9.97. The lowest BCUT2D eigenvalue weighted by Gasteiger charge is -2.28. The number of carbonyl (C=O) groups is 2. The topological polar surface area (TPSA) is 69.6 Å². The van der Waals surface area contributed by atoms with Gasteiger partial charge in [0.15, 0.2) is 0 Å². The molecule has 20 heavy (non-hydrogen) atoms. The van der Waals surface area contributed by atoms with Crippen molar-refractivity contribution < 1.29 is 14.7 Å². The maximum atomic E-state index is 12.1. The van der Waals surface area contributed by atoms with Crippen molar-refractivity contribution in [3.05, 3.63) is 35.4 Å². The number of nitrogens with zero attached hydrogens (tertiary/aromatic N) is 1. The molecular formula is C15H20N2O3. The molecule has 5 nitrogen and oxygen atoms in total. The molecule has 0 aliphatic carbocycles. The molecule has 1 aromatic carbocycles. The molecule has 1 heterocycles. The molecule has 0 saturated carbocycles. The van der Waals surface area contributed by atoms with Gasteiger partial charge in [-0.05, 0) is 51.0 Å². The second-order valence-corrected chi connectivity index (χ2v) is 5.31. The van der Waals surface area contributed by atoms with Gasteiger partial charge >= 0.3 is 5.97 Å². The van der Waals surface area contributed by atoms with Gasteiger partial charge in [0.05, 0.1) is 11.1 Å². The lowest BCUT2D eigenvalue weighted by molar-refractivity contribution is 0.0690. The number of carboxylic acids is 1. The van der Waals surface area contributed by atoms with Crippen LogP contribution in [0.25, 0.3) is 0 Å². The molecule has 108 valence electrons. The molecule has 2 N–H and O–H groups in total. The number of likely N-dealkylation sites (tertiary alicyclic amines) is 1. The number of rotatable bonds is 4. The second-order valence-electron chi connectivity index (χ2n) is 5.31. The summed E-state index contributed by atoms with van der Waals surface area (Å²) in [4.78, 5) is 25.5. The van der Waals surface area contributed by atoms with E-state index in [-0.39, 0.29) is 17.0 Å². The van der Waals surface area contributed by atoms with E-state index in [2.05, 4.69) is 17.3 Å². The summed E-state index contributed by atoms with van der Waals surface area (Å²) in [6.07, 6.45) is 2.13. The van der Waals surface area contributed by atoms with Gasteiger partial charge in [-0.25, -0.2) is 4.79 Å². The van der Waals surface area contributed by atoms with Gasteiger partial charge in [-0.2, -0.15) is 0 Å². The van der Waals surface area contributed by atoms with Crippen LogP contribution in [0.1, 0.15) is 33.6 Å². The Labute approximate surface area is 118 Å². The molecular weight excluding hydrogens is 256 g/mol. The van der Waals surface area contributed by atoms with Crippen LogP contribution in [0.5, 0.6) is 0 Å². The van der Waals surface area contributed by atoms with E-state index in [1.165, 1.54) is 6.07 Å². The molecule has 0 atom stereocenters. The Bertz CT molecular complexity index is 494. The third-order valence-corrected chi connectivity index (χ3v) is 3.79. The van der Waals surface area contributed by atoms with Gasteiger partial charge in [0.25, 0.3) is 5.91 Å². The summed E-state index contributed by atoms with van der Waals surface area (Å²) < 4.78 is 0. The first kappa shape index (κ1) is 14.5. The zero-order valence-corrected chi connectivity index (χ0v) is 11.6. The van der Waals surface area contributed by atoms with Gasteiger partial charge in [-0.3, -0.25) is 4.79 Å². The Morgan fingerprint density at radius 1 is 1.25 bits per heavy atom. The highest BCUT2D eigenvalue weighted by Crippen LogP contribution is 2.15. The van der Waals surface area contributed by atoms with Crippen molar-refractivity contribution in [1.82, 2.24) is 10.2 Å². The van der Waals surface area contributed by atoms with Crippen molar-refractivity contribution in [3.63, 3.8) is 0 Å². The maximum Gasteiger partial charge on any atom is 0.336 e. The first-order chi connectivity index (χ1) is 9.58. The largest absolute Gasteiger partial charge is 0.478 e. The van der Waals surface area contributed by atoms with Gasteiger partial charge in [-0.1, -0.05) is 12.1 Å². The standard InChI is InChI=1S/C15H20N2O3/c1-17-8-6-11(7-9-17)10-16-14(18)12-4-2-3-5-13(12)15(19)20/h2-5,11H,6-10H2,1H3,(H,16,18)(H,19,20). The average molecular weight is 276 g/mol. The molecule has 0 unspecified atom stereocenters. The molecule has 1 aliphatic rings. The normalized spacial score (nSPS) is 16.9. The van der Waals surface area contributed by atoms with E-state index >= 15 is 0 Å². The summed E-state index contributed by atoms with van der Waals surface area (Å²) in [5.74, 6) is -0.899. The molecule has 0 aromatic heterocycles. The number of aromatic carboxylic acids is 1. The molecule has 2 rings (SSSR count). The Balaban J connectivity index is 1.94. The SMILES string of the molecule is CN1CCC(CNC(=O)c2ccccc2C(=O)O)CC1. The van der Waals surface area contributed by atoms with E-state index in [1.54, 1.807) is 18.2 Å². The molecule has 0 spiro atoms. The highest BCUT2D eigenvalue weighted by molar-refractivity contribution is 6.04. The number of carbonyl (C=O) groups excluding carboxylic acids is 1. The molecule has 5 heteroatoms. The summed E-state index contributed by atoms with van der Waals surface area (Å²) in [6.45, 7) is 2.71. The van der Waals surface area contributed by atoms with Crippen molar-refractivity contribution >= 4 is 11.9 Å². The summed E-state index contributed by atoms with van der Waals surface area (Å²) in [5.41, 5.74) is 0.279. The van der Waals surface area contributed by atoms with Gasteiger partial charge in [0.2, 0.25) is 0 Å². The minimum Gasteiger partial charge on any atom is -0.478 e. The first-order valence-electron chi connectivity index (χ1n) is 6.87. The first-order valence-corrected chi connectivity index (χ1v) is 6.87. The molecule has 1 aliphatic heterocycles. The lowest BCUT2D eigenvalue weighted by Crippen LogP contribution is -2.37. The predicted molar refractivity (Wildman–Crippen MR) is 76.0 cm³/mol.